The minimum atomic E-state index is 0.0465. The Hall–Kier alpha value is -0.690. The minimum Gasteiger partial charge on any atom is -0.489 e. The summed E-state index contributed by atoms with van der Waals surface area (Å²) in [6.45, 7) is 4.03. The highest BCUT2D eigenvalue weighted by Gasteiger charge is 2.13. The lowest BCUT2D eigenvalue weighted by atomic mass is 10.2. The van der Waals surface area contributed by atoms with Crippen molar-refractivity contribution in [2.75, 3.05) is 0 Å². The molecule has 72 valence electrons. The number of rotatable bonds is 4. The predicted molar refractivity (Wildman–Crippen MR) is 56.5 cm³/mol. The van der Waals surface area contributed by atoms with Crippen molar-refractivity contribution in [2.45, 2.75) is 31.7 Å². The standard InChI is InChI=1S/C11H15ClO/c1-3-11(9(2)12)13-10-7-5-4-6-8-10/h4-9,11H,3H2,1-2H3. The van der Waals surface area contributed by atoms with Crippen LogP contribution in [0.1, 0.15) is 20.3 Å². The third-order valence-electron chi connectivity index (χ3n) is 1.95. The molecule has 0 fully saturated rings. The highest BCUT2D eigenvalue weighted by molar-refractivity contribution is 6.20. The zero-order valence-electron chi connectivity index (χ0n) is 8.03. The van der Waals surface area contributed by atoms with Crippen LogP contribution >= 0.6 is 11.6 Å². The van der Waals surface area contributed by atoms with Gasteiger partial charge < -0.3 is 4.74 Å². The Kier molecular flexibility index (Phi) is 4.10. The van der Waals surface area contributed by atoms with Gasteiger partial charge in [0.25, 0.3) is 0 Å². The van der Waals surface area contributed by atoms with E-state index in [0.29, 0.717) is 0 Å². The fraction of sp³-hybridized carbons (Fsp3) is 0.455. The summed E-state index contributed by atoms with van der Waals surface area (Å²) in [5, 5.41) is 0.0465. The monoisotopic (exact) mass is 198 g/mol. The topological polar surface area (TPSA) is 9.23 Å². The SMILES string of the molecule is CCC(Oc1ccccc1)C(C)Cl. The molecule has 0 aliphatic heterocycles. The highest BCUT2D eigenvalue weighted by atomic mass is 35.5. The van der Waals surface area contributed by atoms with Crippen LogP contribution < -0.4 is 4.74 Å². The van der Waals surface area contributed by atoms with E-state index in [4.69, 9.17) is 16.3 Å². The second kappa shape index (κ2) is 5.13. The summed E-state index contributed by atoms with van der Waals surface area (Å²) < 4.78 is 5.69. The number of para-hydroxylation sites is 1. The maximum Gasteiger partial charge on any atom is 0.119 e. The molecule has 0 N–H and O–H groups in total. The van der Waals surface area contributed by atoms with Crippen LogP contribution in [0.25, 0.3) is 0 Å². The van der Waals surface area contributed by atoms with Crippen LogP contribution in [0, 0.1) is 0 Å². The van der Waals surface area contributed by atoms with Gasteiger partial charge in [0.1, 0.15) is 11.9 Å². The van der Waals surface area contributed by atoms with Gasteiger partial charge in [-0.1, -0.05) is 25.1 Å². The molecule has 0 aliphatic carbocycles. The normalized spacial score (nSPS) is 15.0. The van der Waals surface area contributed by atoms with Crippen molar-refractivity contribution in [3.05, 3.63) is 30.3 Å². The van der Waals surface area contributed by atoms with Gasteiger partial charge in [-0.25, -0.2) is 0 Å². The van der Waals surface area contributed by atoms with Gasteiger partial charge in [0, 0.05) is 0 Å². The lowest BCUT2D eigenvalue weighted by Crippen LogP contribution is -2.24. The first kappa shape index (κ1) is 10.4. The van der Waals surface area contributed by atoms with Gasteiger partial charge in [-0.3, -0.25) is 0 Å². The smallest absolute Gasteiger partial charge is 0.119 e. The van der Waals surface area contributed by atoms with E-state index in [0.717, 1.165) is 12.2 Å². The number of ether oxygens (including phenoxy) is 1. The summed E-state index contributed by atoms with van der Waals surface area (Å²) in [7, 11) is 0. The number of hydrogen-bond acceptors (Lipinski definition) is 1. The van der Waals surface area contributed by atoms with Crippen LogP contribution in [0.3, 0.4) is 0 Å². The van der Waals surface area contributed by atoms with Crippen molar-refractivity contribution in [1.82, 2.24) is 0 Å². The van der Waals surface area contributed by atoms with Crippen LogP contribution in [0.15, 0.2) is 30.3 Å². The molecule has 1 nitrogen and oxygen atoms in total. The summed E-state index contributed by atoms with van der Waals surface area (Å²) >= 11 is 5.97. The lowest BCUT2D eigenvalue weighted by molar-refractivity contribution is 0.196. The van der Waals surface area contributed by atoms with Gasteiger partial charge in [-0.2, -0.15) is 0 Å². The Balaban J connectivity index is 2.57. The molecule has 1 aromatic rings. The van der Waals surface area contributed by atoms with Crippen molar-refractivity contribution in [2.24, 2.45) is 0 Å². The molecule has 0 amide bonds. The third-order valence-corrected chi connectivity index (χ3v) is 2.23. The van der Waals surface area contributed by atoms with E-state index in [1.165, 1.54) is 0 Å². The largest absolute Gasteiger partial charge is 0.489 e. The second-order valence-electron chi connectivity index (χ2n) is 3.06. The van der Waals surface area contributed by atoms with Crippen LogP contribution in [-0.4, -0.2) is 11.5 Å². The molecule has 0 heterocycles. The summed E-state index contributed by atoms with van der Waals surface area (Å²) in [4.78, 5) is 0. The molecule has 0 radical (unpaired) electrons. The Morgan fingerprint density at radius 2 is 1.92 bits per heavy atom. The van der Waals surface area contributed by atoms with Gasteiger partial charge in [0.15, 0.2) is 0 Å². The molecule has 0 saturated heterocycles. The fourth-order valence-corrected chi connectivity index (χ4v) is 1.41. The highest BCUT2D eigenvalue weighted by Crippen LogP contribution is 2.16. The summed E-state index contributed by atoms with van der Waals surface area (Å²) in [5.74, 6) is 0.891. The third kappa shape index (κ3) is 3.27. The molecule has 0 aromatic heterocycles. The quantitative estimate of drug-likeness (QED) is 0.674. The van der Waals surface area contributed by atoms with E-state index in [9.17, 15) is 0 Å². The molecule has 0 spiro atoms. The van der Waals surface area contributed by atoms with Crippen molar-refractivity contribution in [3.63, 3.8) is 0 Å². The van der Waals surface area contributed by atoms with Crippen LogP contribution in [0.2, 0.25) is 0 Å². The number of hydrogen-bond donors (Lipinski definition) is 0. The maximum atomic E-state index is 5.97. The first-order chi connectivity index (χ1) is 6.24. The molecule has 0 saturated carbocycles. The summed E-state index contributed by atoms with van der Waals surface area (Å²) in [6.07, 6.45) is 1.03. The molecule has 2 atom stereocenters. The summed E-state index contributed by atoms with van der Waals surface area (Å²) in [6, 6.07) is 9.78. The van der Waals surface area contributed by atoms with E-state index in [2.05, 4.69) is 6.92 Å². The van der Waals surface area contributed by atoms with E-state index >= 15 is 0 Å². The van der Waals surface area contributed by atoms with Gasteiger partial charge in [0.2, 0.25) is 0 Å². The molecular formula is C11H15ClO. The molecule has 1 rings (SSSR count). The molecule has 2 heteroatoms. The Labute approximate surface area is 84.7 Å². The zero-order chi connectivity index (χ0) is 9.68. The fourth-order valence-electron chi connectivity index (χ4n) is 1.18. The molecule has 1 aromatic carbocycles. The van der Waals surface area contributed by atoms with E-state index in [1.807, 2.05) is 37.3 Å². The number of alkyl halides is 1. The number of benzene rings is 1. The van der Waals surface area contributed by atoms with Crippen molar-refractivity contribution in [1.29, 1.82) is 0 Å². The first-order valence-electron chi connectivity index (χ1n) is 4.59. The van der Waals surface area contributed by atoms with Crippen molar-refractivity contribution < 1.29 is 4.74 Å². The van der Waals surface area contributed by atoms with Gasteiger partial charge in [-0.05, 0) is 25.5 Å². The molecule has 2 unspecified atom stereocenters. The molecular weight excluding hydrogens is 184 g/mol. The average molecular weight is 199 g/mol. The second-order valence-corrected chi connectivity index (χ2v) is 3.74. The van der Waals surface area contributed by atoms with Crippen molar-refractivity contribution >= 4 is 11.6 Å². The Bertz CT molecular complexity index is 233. The zero-order valence-corrected chi connectivity index (χ0v) is 8.79. The Morgan fingerprint density at radius 3 is 2.38 bits per heavy atom. The molecule has 0 aliphatic rings. The van der Waals surface area contributed by atoms with Crippen LogP contribution in [0.4, 0.5) is 0 Å². The van der Waals surface area contributed by atoms with E-state index in [1.54, 1.807) is 0 Å². The predicted octanol–water partition coefficient (Wildman–Crippen LogP) is 3.47. The van der Waals surface area contributed by atoms with Gasteiger partial charge >= 0.3 is 0 Å². The van der Waals surface area contributed by atoms with Crippen LogP contribution in [-0.2, 0) is 0 Å². The average Bonchev–Trinajstić information content (AvgIpc) is 2.15. The van der Waals surface area contributed by atoms with Gasteiger partial charge in [0.05, 0.1) is 5.38 Å². The molecule has 13 heavy (non-hydrogen) atoms. The lowest BCUT2D eigenvalue weighted by Gasteiger charge is -2.19. The number of halogens is 1. The van der Waals surface area contributed by atoms with E-state index < -0.39 is 0 Å². The first-order valence-corrected chi connectivity index (χ1v) is 5.03. The molecule has 0 bridgehead atoms. The maximum absolute atomic E-state index is 5.97. The summed E-state index contributed by atoms with van der Waals surface area (Å²) in [5.41, 5.74) is 0. The van der Waals surface area contributed by atoms with Crippen LogP contribution in [0.5, 0.6) is 5.75 Å². The van der Waals surface area contributed by atoms with E-state index in [-0.39, 0.29) is 11.5 Å². The minimum absolute atomic E-state index is 0.0465. The van der Waals surface area contributed by atoms with Crippen molar-refractivity contribution in [3.8, 4) is 5.75 Å². The Morgan fingerprint density at radius 1 is 1.31 bits per heavy atom. The van der Waals surface area contributed by atoms with Gasteiger partial charge in [-0.15, -0.1) is 11.6 Å².